The third-order valence-corrected chi connectivity index (χ3v) is 3.25. The van der Waals surface area contributed by atoms with Gasteiger partial charge in [-0.15, -0.1) is 0 Å². The SMILES string of the molecule is CC1CCCC(N)(C(C)(C)O)C1. The van der Waals surface area contributed by atoms with Crippen molar-refractivity contribution in [3.8, 4) is 0 Å². The summed E-state index contributed by atoms with van der Waals surface area (Å²) in [4.78, 5) is 0. The molecule has 0 aromatic heterocycles. The summed E-state index contributed by atoms with van der Waals surface area (Å²) >= 11 is 0. The predicted molar refractivity (Wildman–Crippen MR) is 50.8 cm³/mol. The minimum absolute atomic E-state index is 0.356. The lowest BCUT2D eigenvalue weighted by Gasteiger charge is -2.45. The minimum atomic E-state index is -0.734. The van der Waals surface area contributed by atoms with Crippen LogP contribution < -0.4 is 5.73 Å². The van der Waals surface area contributed by atoms with Gasteiger partial charge in [-0.1, -0.05) is 19.8 Å². The lowest BCUT2D eigenvalue weighted by Crippen LogP contribution is -2.59. The molecule has 3 N–H and O–H groups in total. The minimum Gasteiger partial charge on any atom is -0.389 e. The molecule has 1 fully saturated rings. The first-order valence-electron chi connectivity index (χ1n) is 4.86. The van der Waals surface area contributed by atoms with Crippen LogP contribution in [0.25, 0.3) is 0 Å². The summed E-state index contributed by atoms with van der Waals surface area (Å²) in [6.07, 6.45) is 4.33. The summed E-state index contributed by atoms with van der Waals surface area (Å²) in [6.45, 7) is 5.86. The molecular weight excluding hydrogens is 150 g/mol. The maximum absolute atomic E-state index is 9.89. The molecule has 2 nitrogen and oxygen atoms in total. The summed E-state index contributed by atoms with van der Waals surface area (Å²) in [5, 5.41) is 9.89. The Morgan fingerprint density at radius 1 is 1.50 bits per heavy atom. The molecule has 1 rings (SSSR count). The van der Waals surface area contributed by atoms with E-state index in [0.29, 0.717) is 5.92 Å². The molecule has 0 heterocycles. The van der Waals surface area contributed by atoms with E-state index in [9.17, 15) is 5.11 Å². The standard InChI is InChI=1S/C10H21NO/c1-8-5-4-6-10(11,7-8)9(2,3)12/h8,12H,4-7,11H2,1-3H3. The highest BCUT2D eigenvalue weighted by Crippen LogP contribution is 2.37. The number of nitrogens with two attached hydrogens (primary N) is 1. The van der Waals surface area contributed by atoms with Crippen LogP contribution in [-0.2, 0) is 0 Å². The van der Waals surface area contributed by atoms with Crippen molar-refractivity contribution in [1.82, 2.24) is 0 Å². The van der Waals surface area contributed by atoms with Crippen molar-refractivity contribution >= 4 is 0 Å². The van der Waals surface area contributed by atoms with Gasteiger partial charge in [-0.05, 0) is 32.6 Å². The molecule has 1 saturated carbocycles. The molecule has 0 amide bonds. The van der Waals surface area contributed by atoms with Crippen molar-refractivity contribution in [1.29, 1.82) is 0 Å². The smallest absolute Gasteiger partial charge is 0.0770 e. The first-order valence-corrected chi connectivity index (χ1v) is 4.86. The molecule has 0 saturated heterocycles. The maximum atomic E-state index is 9.89. The lowest BCUT2D eigenvalue weighted by atomic mass is 9.69. The second-order valence-electron chi connectivity index (χ2n) is 4.92. The average molecular weight is 171 g/mol. The van der Waals surface area contributed by atoms with Gasteiger partial charge < -0.3 is 10.8 Å². The lowest BCUT2D eigenvalue weighted by molar-refractivity contribution is -0.0290. The second-order valence-corrected chi connectivity index (χ2v) is 4.92. The summed E-state index contributed by atoms with van der Waals surface area (Å²) in [5.74, 6) is 0.662. The second kappa shape index (κ2) is 3.00. The van der Waals surface area contributed by atoms with Gasteiger partial charge in [0.25, 0.3) is 0 Å². The van der Waals surface area contributed by atoms with Crippen molar-refractivity contribution in [3.63, 3.8) is 0 Å². The van der Waals surface area contributed by atoms with Gasteiger partial charge in [0.2, 0.25) is 0 Å². The fourth-order valence-corrected chi connectivity index (χ4v) is 2.15. The van der Waals surface area contributed by atoms with E-state index in [1.807, 2.05) is 13.8 Å². The van der Waals surface area contributed by atoms with E-state index < -0.39 is 5.60 Å². The fraction of sp³-hybridized carbons (Fsp3) is 1.00. The Labute approximate surface area is 75.2 Å². The number of rotatable bonds is 1. The third-order valence-electron chi connectivity index (χ3n) is 3.25. The van der Waals surface area contributed by atoms with Crippen LogP contribution in [0.15, 0.2) is 0 Å². The summed E-state index contributed by atoms with van der Waals surface area (Å²) in [6, 6.07) is 0. The molecule has 1 aliphatic rings. The molecule has 72 valence electrons. The van der Waals surface area contributed by atoms with E-state index in [0.717, 1.165) is 19.3 Å². The van der Waals surface area contributed by atoms with Crippen molar-refractivity contribution in [2.75, 3.05) is 0 Å². The predicted octanol–water partition coefficient (Wildman–Crippen LogP) is 1.66. The third kappa shape index (κ3) is 1.80. The normalized spacial score (nSPS) is 38.2. The fourth-order valence-electron chi connectivity index (χ4n) is 2.15. The van der Waals surface area contributed by atoms with E-state index in [2.05, 4.69) is 6.92 Å². The Morgan fingerprint density at radius 3 is 2.42 bits per heavy atom. The zero-order valence-corrected chi connectivity index (χ0v) is 8.43. The topological polar surface area (TPSA) is 46.2 Å². The van der Waals surface area contributed by atoms with Crippen LogP contribution >= 0.6 is 0 Å². The Morgan fingerprint density at radius 2 is 2.08 bits per heavy atom. The van der Waals surface area contributed by atoms with Crippen LogP contribution in [0.5, 0.6) is 0 Å². The number of hydrogen-bond donors (Lipinski definition) is 2. The quantitative estimate of drug-likeness (QED) is 0.630. The Balaban J connectivity index is 2.70. The Kier molecular flexibility index (Phi) is 2.50. The first-order chi connectivity index (χ1) is 5.35. The molecule has 0 radical (unpaired) electrons. The molecule has 12 heavy (non-hydrogen) atoms. The van der Waals surface area contributed by atoms with Crippen molar-refractivity contribution in [2.45, 2.75) is 57.6 Å². The zero-order chi connectivity index (χ0) is 9.41. The Bertz CT molecular complexity index is 162. The molecule has 0 bridgehead atoms. The van der Waals surface area contributed by atoms with E-state index in [1.54, 1.807) is 0 Å². The summed E-state index contributed by atoms with van der Waals surface area (Å²) < 4.78 is 0. The molecule has 2 atom stereocenters. The van der Waals surface area contributed by atoms with Crippen LogP contribution in [-0.4, -0.2) is 16.2 Å². The van der Waals surface area contributed by atoms with Gasteiger partial charge in [0.05, 0.1) is 5.60 Å². The summed E-state index contributed by atoms with van der Waals surface area (Å²) in [7, 11) is 0. The molecule has 0 aromatic rings. The molecule has 2 heteroatoms. The average Bonchev–Trinajstić information content (AvgIpc) is 1.83. The van der Waals surface area contributed by atoms with E-state index in [1.165, 1.54) is 6.42 Å². The zero-order valence-electron chi connectivity index (χ0n) is 8.43. The van der Waals surface area contributed by atoms with E-state index in [4.69, 9.17) is 5.73 Å². The first kappa shape index (κ1) is 10.0. The van der Waals surface area contributed by atoms with Gasteiger partial charge in [0.15, 0.2) is 0 Å². The largest absolute Gasteiger partial charge is 0.389 e. The number of hydrogen-bond acceptors (Lipinski definition) is 2. The van der Waals surface area contributed by atoms with Crippen molar-refractivity contribution < 1.29 is 5.11 Å². The molecular formula is C10H21NO. The highest BCUT2D eigenvalue weighted by molar-refractivity contribution is 5.01. The van der Waals surface area contributed by atoms with Crippen LogP contribution in [0, 0.1) is 5.92 Å². The van der Waals surface area contributed by atoms with Crippen LogP contribution in [0.4, 0.5) is 0 Å². The van der Waals surface area contributed by atoms with Crippen LogP contribution in [0.3, 0.4) is 0 Å². The van der Waals surface area contributed by atoms with Crippen molar-refractivity contribution in [3.05, 3.63) is 0 Å². The van der Waals surface area contributed by atoms with Crippen molar-refractivity contribution in [2.24, 2.45) is 11.7 Å². The van der Waals surface area contributed by atoms with Gasteiger partial charge in [0.1, 0.15) is 0 Å². The molecule has 0 aromatic carbocycles. The van der Waals surface area contributed by atoms with E-state index >= 15 is 0 Å². The van der Waals surface area contributed by atoms with Gasteiger partial charge in [-0.2, -0.15) is 0 Å². The highest BCUT2D eigenvalue weighted by atomic mass is 16.3. The molecule has 1 aliphatic carbocycles. The Hall–Kier alpha value is -0.0800. The number of aliphatic hydroxyl groups is 1. The molecule has 0 aliphatic heterocycles. The van der Waals surface area contributed by atoms with Crippen LogP contribution in [0.1, 0.15) is 46.5 Å². The molecule has 0 spiro atoms. The van der Waals surface area contributed by atoms with Gasteiger partial charge >= 0.3 is 0 Å². The maximum Gasteiger partial charge on any atom is 0.0770 e. The van der Waals surface area contributed by atoms with Gasteiger partial charge in [-0.3, -0.25) is 0 Å². The van der Waals surface area contributed by atoms with Crippen LogP contribution in [0.2, 0.25) is 0 Å². The monoisotopic (exact) mass is 171 g/mol. The summed E-state index contributed by atoms with van der Waals surface area (Å²) in [5.41, 5.74) is 5.09. The van der Waals surface area contributed by atoms with E-state index in [-0.39, 0.29) is 5.54 Å². The molecule has 2 unspecified atom stereocenters. The van der Waals surface area contributed by atoms with Gasteiger partial charge in [0, 0.05) is 5.54 Å². The highest BCUT2D eigenvalue weighted by Gasteiger charge is 2.42. The van der Waals surface area contributed by atoms with Gasteiger partial charge in [-0.25, -0.2) is 0 Å².